The molecule has 1 fully saturated rings. The fourth-order valence-electron chi connectivity index (χ4n) is 3.72. The topological polar surface area (TPSA) is 99.9 Å². The Hall–Kier alpha value is -2.11. The molecular weight excluding hydrogens is 427 g/mol. The maximum absolute atomic E-state index is 12.4. The van der Waals surface area contributed by atoms with Gasteiger partial charge in [0.15, 0.2) is 10.8 Å². The van der Waals surface area contributed by atoms with Gasteiger partial charge in [-0.1, -0.05) is 11.8 Å². The molecule has 1 aliphatic rings. The maximum atomic E-state index is 12.4. The van der Waals surface area contributed by atoms with E-state index in [1.165, 1.54) is 0 Å². The molecule has 32 heavy (non-hydrogen) atoms. The van der Waals surface area contributed by atoms with Gasteiger partial charge in [-0.05, 0) is 54.9 Å². The second-order valence-electron chi connectivity index (χ2n) is 9.55. The molecule has 1 N–H and O–H groups in total. The van der Waals surface area contributed by atoms with E-state index in [2.05, 4.69) is 54.8 Å². The van der Waals surface area contributed by atoms with Gasteiger partial charge >= 0.3 is 7.12 Å². The average molecular weight is 458 g/mol. The molecule has 4 heterocycles. The molecular formula is C21H31BN6O3S. The predicted molar refractivity (Wildman–Crippen MR) is 127 cm³/mol. The average Bonchev–Trinajstić information content (AvgIpc) is 3.38. The molecule has 0 aromatic carbocycles. The van der Waals surface area contributed by atoms with Gasteiger partial charge in [0.2, 0.25) is 0 Å². The van der Waals surface area contributed by atoms with Crippen molar-refractivity contribution in [3.63, 3.8) is 0 Å². The van der Waals surface area contributed by atoms with Gasteiger partial charge < -0.3 is 9.31 Å². The smallest absolute Gasteiger partial charge is 0.399 e. The molecule has 3 aromatic heterocycles. The standard InChI is InChI=1S/C21H31BN6O3S/c1-13(2)27-12-15(10-24-27)22-30-20(5,6)21(7,31-22)8-9-32-19-23-11-16-17(25-19)26-28(14(3)4)18(16)29/h10-14H,8-9H2,1-7H3,(H,23,25,26). The number of rotatable bonds is 7. The number of hydrogen-bond donors (Lipinski definition) is 1. The molecule has 0 spiro atoms. The summed E-state index contributed by atoms with van der Waals surface area (Å²) in [6, 6.07) is 0.320. The lowest BCUT2D eigenvalue weighted by Gasteiger charge is -2.36. The highest BCUT2D eigenvalue weighted by Crippen LogP contribution is 2.40. The third kappa shape index (κ3) is 4.13. The van der Waals surface area contributed by atoms with Crippen molar-refractivity contribution < 1.29 is 9.31 Å². The Morgan fingerprint density at radius 3 is 2.56 bits per heavy atom. The molecule has 1 unspecified atom stereocenters. The Morgan fingerprint density at radius 2 is 1.91 bits per heavy atom. The van der Waals surface area contributed by atoms with Gasteiger partial charge in [0.1, 0.15) is 5.39 Å². The van der Waals surface area contributed by atoms with Gasteiger partial charge in [-0.3, -0.25) is 14.6 Å². The molecule has 11 heteroatoms. The van der Waals surface area contributed by atoms with Crippen LogP contribution < -0.4 is 11.0 Å². The molecule has 4 rings (SSSR count). The fraction of sp³-hybridized carbons (Fsp3) is 0.619. The van der Waals surface area contributed by atoms with Crippen molar-refractivity contribution >= 4 is 35.4 Å². The van der Waals surface area contributed by atoms with E-state index < -0.39 is 18.3 Å². The van der Waals surface area contributed by atoms with Crippen LogP contribution in [0.15, 0.2) is 28.5 Å². The minimum atomic E-state index is -0.482. The largest absolute Gasteiger partial charge is 0.498 e. The summed E-state index contributed by atoms with van der Waals surface area (Å²) in [5.74, 6) is 0.752. The summed E-state index contributed by atoms with van der Waals surface area (Å²) in [6.07, 6.45) is 6.16. The van der Waals surface area contributed by atoms with Crippen LogP contribution in [-0.2, 0) is 9.31 Å². The van der Waals surface area contributed by atoms with Crippen molar-refractivity contribution in [2.24, 2.45) is 0 Å². The lowest BCUT2D eigenvalue weighted by molar-refractivity contribution is -0.0110. The van der Waals surface area contributed by atoms with Crippen molar-refractivity contribution in [2.45, 2.75) is 83.3 Å². The summed E-state index contributed by atoms with van der Waals surface area (Å²) in [5, 5.41) is 8.62. The summed E-state index contributed by atoms with van der Waals surface area (Å²) < 4.78 is 16.2. The summed E-state index contributed by atoms with van der Waals surface area (Å²) in [4.78, 5) is 21.3. The first-order valence-corrected chi connectivity index (χ1v) is 12.0. The first kappa shape index (κ1) is 23.1. The molecule has 1 aliphatic heterocycles. The van der Waals surface area contributed by atoms with E-state index in [4.69, 9.17) is 9.31 Å². The number of H-pyrrole nitrogens is 1. The number of hydrogen-bond acceptors (Lipinski definition) is 7. The molecule has 0 bridgehead atoms. The van der Waals surface area contributed by atoms with E-state index in [9.17, 15) is 4.79 Å². The number of thioether (sulfide) groups is 1. The number of aromatic nitrogens is 6. The zero-order chi connectivity index (χ0) is 23.3. The zero-order valence-electron chi connectivity index (χ0n) is 19.7. The van der Waals surface area contributed by atoms with Crippen LogP contribution in [0, 0.1) is 0 Å². The van der Waals surface area contributed by atoms with Crippen molar-refractivity contribution in [3.8, 4) is 0 Å². The Morgan fingerprint density at radius 1 is 1.16 bits per heavy atom. The highest BCUT2D eigenvalue weighted by Gasteiger charge is 2.54. The summed E-state index contributed by atoms with van der Waals surface area (Å²) in [7, 11) is -0.444. The van der Waals surface area contributed by atoms with E-state index in [0.29, 0.717) is 16.2 Å². The van der Waals surface area contributed by atoms with Gasteiger partial charge in [-0.25, -0.2) is 14.6 Å². The van der Waals surface area contributed by atoms with Crippen molar-refractivity contribution in [2.75, 3.05) is 5.75 Å². The Labute approximate surface area is 192 Å². The van der Waals surface area contributed by atoms with Crippen LogP contribution in [0.2, 0.25) is 0 Å². The molecule has 1 saturated heterocycles. The Kier molecular flexibility index (Phi) is 6.02. The quantitative estimate of drug-likeness (QED) is 0.330. The van der Waals surface area contributed by atoms with Crippen LogP contribution in [-0.4, -0.2) is 53.6 Å². The molecule has 0 amide bonds. The summed E-state index contributed by atoms with van der Waals surface area (Å²) >= 11 is 1.54. The van der Waals surface area contributed by atoms with Crippen LogP contribution in [0.4, 0.5) is 0 Å². The second-order valence-corrected chi connectivity index (χ2v) is 10.6. The lowest BCUT2D eigenvalue weighted by Crippen LogP contribution is -2.45. The molecule has 0 radical (unpaired) electrons. The Bertz CT molecular complexity index is 1170. The SMILES string of the molecule is CC(C)n1cc(B2OC(C)(C)C(C)(CCSc3ncc4c(=O)n(C(C)C)[nH]c4n3)O2)cn1. The lowest BCUT2D eigenvalue weighted by atomic mass is 9.82. The van der Waals surface area contributed by atoms with E-state index in [1.807, 2.05) is 30.9 Å². The number of nitrogens with zero attached hydrogens (tertiary/aromatic N) is 5. The van der Waals surface area contributed by atoms with Crippen LogP contribution >= 0.6 is 11.8 Å². The zero-order valence-corrected chi connectivity index (χ0v) is 20.6. The fourth-order valence-corrected chi connectivity index (χ4v) is 4.68. The van der Waals surface area contributed by atoms with E-state index >= 15 is 0 Å². The van der Waals surface area contributed by atoms with E-state index in [-0.39, 0.29) is 17.6 Å². The first-order valence-electron chi connectivity index (χ1n) is 11.0. The Balaban J connectivity index is 1.44. The third-order valence-electron chi connectivity index (χ3n) is 6.23. The normalized spacial score (nSPS) is 20.8. The first-order chi connectivity index (χ1) is 15.0. The minimum Gasteiger partial charge on any atom is -0.399 e. The van der Waals surface area contributed by atoms with E-state index in [0.717, 1.165) is 17.6 Å². The van der Waals surface area contributed by atoms with Gasteiger partial charge in [0.25, 0.3) is 5.56 Å². The van der Waals surface area contributed by atoms with Crippen molar-refractivity contribution in [1.29, 1.82) is 0 Å². The van der Waals surface area contributed by atoms with Gasteiger partial charge in [-0.2, -0.15) is 5.10 Å². The minimum absolute atomic E-state index is 0.0371. The predicted octanol–water partition coefficient (Wildman–Crippen LogP) is 2.94. The molecule has 1 atom stereocenters. The van der Waals surface area contributed by atoms with Crippen LogP contribution in [0.25, 0.3) is 11.0 Å². The van der Waals surface area contributed by atoms with E-state index in [1.54, 1.807) is 22.6 Å². The maximum Gasteiger partial charge on any atom is 0.498 e. The second kappa shape index (κ2) is 8.35. The van der Waals surface area contributed by atoms with Gasteiger partial charge in [-0.15, -0.1) is 0 Å². The number of aromatic amines is 1. The highest BCUT2D eigenvalue weighted by atomic mass is 32.2. The summed E-state index contributed by atoms with van der Waals surface area (Å²) in [5.41, 5.74) is 0.447. The third-order valence-corrected chi connectivity index (χ3v) is 7.10. The monoisotopic (exact) mass is 458 g/mol. The molecule has 0 saturated carbocycles. The summed E-state index contributed by atoms with van der Waals surface area (Å²) in [6.45, 7) is 14.3. The van der Waals surface area contributed by atoms with Crippen molar-refractivity contribution in [3.05, 3.63) is 28.9 Å². The van der Waals surface area contributed by atoms with Gasteiger partial charge in [0.05, 0.1) is 11.2 Å². The van der Waals surface area contributed by atoms with Crippen LogP contribution in [0.1, 0.15) is 67.0 Å². The van der Waals surface area contributed by atoms with Crippen LogP contribution in [0.3, 0.4) is 0 Å². The molecule has 3 aromatic rings. The molecule has 9 nitrogen and oxygen atoms in total. The highest BCUT2D eigenvalue weighted by molar-refractivity contribution is 7.99. The van der Waals surface area contributed by atoms with Crippen LogP contribution in [0.5, 0.6) is 0 Å². The molecule has 172 valence electrons. The van der Waals surface area contributed by atoms with Crippen molar-refractivity contribution in [1.82, 2.24) is 29.5 Å². The number of fused-ring (bicyclic) bond motifs is 1. The molecule has 0 aliphatic carbocycles. The number of nitrogens with one attached hydrogen (secondary N) is 1. The van der Waals surface area contributed by atoms with Gasteiger partial charge in [0, 0.05) is 41.9 Å².